The van der Waals surface area contributed by atoms with Gasteiger partial charge in [-0.05, 0) is 218 Å². The molecule has 1 aromatic heterocycles. The summed E-state index contributed by atoms with van der Waals surface area (Å²) in [5.41, 5.74) is 24.5. The Bertz CT molecular complexity index is 3720. The number of nitrogens with zero attached hydrogens (tertiary/aromatic N) is 3. The van der Waals surface area contributed by atoms with Crippen molar-refractivity contribution < 1.29 is 1.37 Å². The van der Waals surface area contributed by atoms with E-state index in [9.17, 15) is 0 Å². The predicted molar refractivity (Wildman–Crippen MR) is 417 cm³/mol. The largest absolute Gasteiger partial charge is 0.372 e. The van der Waals surface area contributed by atoms with Crippen molar-refractivity contribution in [2.24, 2.45) is 0 Å². The Balaban J connectivity index is 0.000000211. The van der Waals surface area contributed by atoms with Crippen LogP contribution in [0.5, 0.6) is 0 Å². The minimum Gasteiger partial charge on any atom is -0.372 e. The lowest BCUT2D eigenvalue weighted by atomic mass is 9.75. The molecule has 0 aliphatic rings. The molecule has 0 bridgehead atoms. The molecular weight excluding hydrogens is 1120 g/mol. The van der Waals surface area contributed by atoms with Crippen LogP contribution in [0, 0.1) is 13.8 Å². The fraction of sp³-hybridized carbons (Fsp3) is 0.400. The second kappa shape index (κ2) is 35.7. The molecule has 0 fully saturated rings. The van der Waals surface area contributed by atoms with Crippen LogP contribution in [0.3, 0.4) is 0 Å². The van der Waals surface area contributed by atoms with Gasteiger partial charge in [0.05, 0.1) is 0 Å². The monoisotopic (exact) mass is 1240 g/mol. The van der Waals surface area contributed by atoms with Gasteiger partial charge in [-0.2, -0.15) is 0 Å². The Morgan fingerprint density at radius 2 is 0.667 bits per heavy atom. The van der Waals surface area contributed by atoms with Crippen LogP contribution in [0.25, 0.3) is 55.2 Å². The number of anilines is 1. The van der Waals surface area contributed by atoms with Crippen LogP contribution in [0.2, 0.25) is 0 Å². The van der Waals surface area contributed by atoms with E-state index in [0.717, 1.165) is 5.56 Å². The number of aromatic nitrogens is 1. The molecule has 0 atom stereocenters. The zero-order valence-electron chi connectivity index (χ0n) is 63.6. The fourth-order valence-electron chi connectivity index (χ4n) is 12.4. The maximum atomic E-state index is 8.67. The number of rotatable bonds is 13. The van der Waals surface area contributed by atoms with Gasteiger partial charge < -0.3 is 14.4 Å². The number of aryl methyl sites for hydroxylation is 2. The van der Waals surface area contributed by atoms with Crippen molar-refractivity contribution in [3.8, 4) is 33.4 Å². The molecule has 0 saturated heterocycles. The lowest BCUT2D eigenvalue weighted by molar-refractivity contribution is 0.335. The first-order chi connectivity index (χ1) is 44.2. The SMILES string of the molecule is CC(C)N(C)C.CC(C)N(C)c1ccccc1.CC(C)c1cc(-c2ccccc2)cc(C(C)C)c1C(C)C.CC(C)n1c2ccccc2c2ccccc21.Cc1cc(-c2ccccc2)cc(C)c1C(C)C.[2H]C(C)(C)c1cc(-c2ccccc2)cc(C(C)(C)C)c1C(C)C. The number of hydrogen-bond donors (Lipinski definition) is 0. The summed E-state index contributed by atoms with van der Waals surface area (Å²) in [4.78, 5) is 4.42. The summed E-state index contributed by atoms with van der Waals surface area (Å²) in [5.74, 6) is 2.09. The first kappa shape index (κ1) is 74.6. The van der Waals surface area contributed by atoms with Crippen molar-refractivity contribution in [3.05, 3.63) is 256 Å². The van der Waals surface area contributed by atoms with Crippen LogP contribution in [0.1, 0.15) is 238 Å². The molecule has 0 saturated carbocycles. The first-order valence-electron chi connectivity index (χ1n) is 35.2. The summed E-state index contributed by atoms with van der Waals surface area (Å²) in [5, 5.41) is 2.71. The van der Waals surface area contributed by atoms with Crippen molar-refractivity contribution in [1.29, 1.82) is 0 Å². The minimum atomic E-state index is -0.607. The molecule has 0 aliphatic carbocycles. The minimum absolute atomic E-state index is 0.0599. The van der Waals surface area contributed by atoms with Gasteiger partial charge in [-0.25, -0.2) is 0 Å². The van der Waals surface area contributed by atoms with Gasteiger partial charge in [-0.3, -0.25) is 0 Å². The third kappa shape index (κ3) is 21.3. The van der Waals surface area contributed by atoms with Crippen molar-refractivity contribution in [2.75, 3.05) is 26.0 Å². The van der Waals surface area contributed by atoms with Gasteiger partial charge in [0.25, 0.3) is 0 Å². The summed E-state index contributed by atoms with van der Waals surface area (Å²) in [6.45, 7) is 51.3. The Kier molecular flexibility index (Phi) is 28.6. The molecule has 10 rings (SSSR count). The molecule has 0 amide bonds. The van der Waals surface area contributed by atoms with Crippen LogP contribution in [-0.4, -0.2) is 42.7 Å². The van der Waals surface area contributed by atoms with E-state index in [1.807, 2.05) is 26.0 Å². The molecule has 0 unspecified atom stereocenters. The first-order valence-corrected chi connectivity index (χ1v) is 34.7. The Morgan fingerprint density at radius 1 is 0.344 bits per heavy atom. The molecule has 0 N–H and O–H groups in total. The van der Waals surface area contributed by atoms with E-state index in [1.54, 1.807) is 5.56 Å². The average Bonchev–Trinajstić information content (AvgIpc) is 1.36. The maximum Gasteiger partial charge on any atom is 0.0493 e. The van der Waals surface area contributed by atoms with E-state index < -0.39 is 5.89 Å². The number of para-hydroxylation sites is 3. The van der Waals surface area contributed by atoms with Gasteiger partial charge in [0.1, 0.15) is 0 Å². The second-order valence-corrected chi connectivity index (χ2v) is 29.3. The third-order valence-electron chi connectivity index (χ3n) is 17.8. The van der Waals surface area contributed by atoms with E-state index in [1.165, 1.54) is 99.8 Å². The Morgan fingerprint density at radius 3 is 0.978 bits per heavy atom. The summed E-state index contributed by atoms with van der Waals surface area (Å²) in [7, 11) is 6.26. The molecule has 10 aromatic rings. The van der Waals surface area contributed by atoms with Gasteiger partial charge >= 0.3 is 0 Å². The molecule has 1 heterocycles. The number of hydrogen-bond acceptors (Lipinski definition) is 2. The van der Waals surface area contributed by atoms with Gasteiger partial charge in [0.15, 0.2) is 0 Å². The summed E-state index contributed by atoms with van der Waals surface area (Å²) >= 11 is 0. The molecule has 93 heavy (non-hydrogen) atoms. The smallest absolute Gasteiger partial charge is 0.0493 e. The van der Waals surface area contributed by atoms with Crippen LogP contribution < -0.4 is 4.90 Å². The molecular formula is C90H121N3. The zero-order chi connectivity index (χ0) is 69.9. The quantitative estimate of drug-likeness (QED) is 0.114. The van der Waals surface area contributed by atoms with E-state index >= 15 is 0 Å². The van der Waals surface area contributed by atoms with E-state index in [-0.39, 0.29) is 5.41 Å². The van der Waals surface area contributed by atoms with Gasteiger partial charge in [0.2, 0.25) is 0 Å². The number of fused-ring (bicyclic) bond motifs is 3. The molecule has 496 valence electrons. The molecule has 9 aromatic carbocycles. The van der Waals surface area contributed by atoms with Gasteiger partial charge in [-0.1, -0.05) is 286 Å². The second-order valence-electron chi connectivity index (χ2n) is 29.3. The number of benzene rings is 9. The molecule has 0 radical (unpaired) electrons. The van der Waals surface area contributed by atoms with Crippen LogP contribution in [0.15, 0.2) is 206 Å². The van der Waals surface area contributed by atoms with E-state index in [0.29, 0.717) is 47.7 Å². The summed E-state index contributed by atoms with van der Waals surface area (Å²) < 4.78 is 11.1. The Hall–Kier alpha value is -7.46. The Labute approximate surface area is 569 Å². The van der Waals surface area contributed by atoms with Gasteiger partial charge in [0, 0.05) is 54.0 Å². The van der Waals surface area contributed by atoms with Crippen LogP contribution >= 0.6 is 0 Å². The highest BCUT2D eigenvalue weighted by Gasteiger charge is 2.25. The van der Waals surface area contributed by atoms with E-state index in [4.69, 9.17) is 1.37 Å². The molecule has 3 nitrogen and oxygen atoms in total. The third-order valence-corrected chi connectivity index (χ3v) is 17.8. The van der Waals surface area contributed by atoms with Crippen LogP contribution in [0.4, 0.5) is 5.69 Å². The van der Waals surface area contributed by atoms with Crippen molar-refractivity contribution in [3.63, 3.8) is 0 Å². The topological polar surface area (TPSA) is 11.4 Å². The highest BCUT2D eigenvalue weighted by molar-refractivity contribution is 6.08. The lowest BCUT2D eigenvalue weighted by Gasteiger charge is -2.29. The highest BCUT2D eigenvalue weighted by Crippen LogP contribution is 2.41. The van der Waals surface area contributed by atoms with Crippen LogP contribution in [-0.2, 0) is 5.41 Å². The van der Waals surface area contributed by atoms with Crippen molar-refractivity contribution in [2.45, 2.75) is 218 Å². The zero-order valence-corrected chi connectivity index (χ0v) is 62.6. The predicted octanol–water partition coefficient (Wildman–Crippen LogP) is 26.6. The summed E-state index contributed by atoms with van der Waals surface area (Å²) in [6.07, 6.45) is 0. The maximum absolute atomic E-state index is 8.67. The van der Waals surface area contributed by atoms with E-state index in [2.05, 4.69) is 375 Å². The average molecular weight is 1250 g/mol. The lowest BCUT2D eigenvalue weighted by Crippen LogP contribution is -2.25. The summed E-state index contributed by atoms with van der Waals surface area (Å²) in [6, 6.07) is 75.2. The highest BCUT2D eigenvalue weighted by atomic mass is 15.1. The van der Waals surface area contributed by atoms with Crippen molar-refractivity contribution in [1.82, 2.24) is 9.47 Å². The fourth-order valence-corrected chi connectivity index (χ4v) is 12.4. The normalized spacial score (nSPS) is 11.7. The van der Waals surface area contributed by atoms with Crippen molar-refractivity contribution >= 4 is 27.5 Å². The molecule has 0 spiro atoms. The standard InChI is InChI=1S/C22H30.C21H28.C17H20.C15H15N.C10H15N.C5H13N/c1-15(2)19-13-18(17-11-9-8-10-12-17)14-20(22(5,6)7)21(19)16(3)4;1-14(2)19-12-18(17-10-8-7-9-11-17)13-20(15(3)4)21(19)16(5)6;1-12(2)17-13(3)10-16(11-14(17)4)15-8-6-5-7-9-15;1-11(2)16-14-9-5-3-7-12(14)13-8-4-6-10-15(13)16;1-9(2)11(3)10-7-5-4-6-8-10;1-5(2)6(3)4/h8-16H,1-7H3;7-16H,1-6H3;5-12H,1-4H3;3-11H,1-2H3;4-9H,1-3H3;5H,1-4H3/i15D;;;;;. The molecule has 0 aliphatic heterocycles. The van der Waals surface area contributed by atoms with Gasteiger partial charge in [-0.15, -0.1) is 0 Å². The molecule has 3 heteroatoms.